The molecule has 0 aliphatic carbocycles. The first-order valence-corrected chi connectivity index (χ1v) is 7.19. The van der Waals surface area contributed by atoms with E-state index in [2.05, 4.69) is 0 Å². The molecule has 0 N–H and O–H groups in total. The first kappa shape index (κ1) is 12.8. The molecule has 108 valence electrons. The van der Waals surface area contributed by atoms with Crippen LogP contribution in [0.4, 0.5) is 0 Å². The van der Waals surface area contributed by atoms with Crippen LogP contribution in [-0.4, -0.2) is 4.57 Å². The van der Waals surface area contributed by atoms with E-state index in [-0.39, 0.29) is 5.56 Å². The van der Waals surface area contributed by atoms with Crippen LogP contribution in [0.1, 0.15) is 6.92 Å². The molecule has 2 aromatic carbocycles. The van der Waals surface area contributed by atoms with Gasteiger partial charge in [-0.05, 0) is 25.1 Å². The lowest BCUT2D eigenvalue weighted by Crippen LogP contribution is -2.21. The molecule has 4 nitrogen and oxygen atoms in total. The third-order valence-corrected chi connectivity index (χ3v) is 4.05. The molecule has 4 heteroatoms. The van der Waals surface area contributed by atoms with E-state index in [0.29, 0.717) is 28.3 Å². The Labute approximate surface area is 125 Å². The second-order valence-electron chi connectivity index (χ2n) is 5.21. The van der Waals surface area contributed by atoms with Gasteiger partial charge in [-0.2, -0.15) is 0 Å². The van der Waals surface area contributed by atoms with Gasteiger partial charge in [-0.25, -0.2) is 4.79 Å². The largest absolute Gasteiger partial charge is 0.421 e. The number of hydrogen-bond donors (Lipinski definition) is 0. The fraction of sp³-hybridized carbons (Fsp3) is 0.111. The summed E-state index contributed by atoms with van der Waals surface area (Å²) in [6.07, 6.45) is 0. The third-order valence-electron chi connectivity index (χ3n) is 4.05. The Bertz CT molecular complexity index is 1150. The van der Waals surface area contributed by atoms with Crippen molar-refractivity contribution in [1.29, 1.82) is 0 Å². The Morgan fingerprint density at radius 2 is 1.55 bits per heavy atom. The van der Waals surface area contributed by atoms with Gasteiger partial charge in [-0.3, -0.25) is 4.79 Å². The molecule has 2 aromatic heterocycles. The molecule has 0 unspecified atom stereocenters. The number of pyridine rings is 1. The molecule has 0 saturated carbocycles. The number of fused-ring (bicyclic) bond motifs is 5. The maximum Gasteiger partial charge on any atom is 0.344 e. The van der Waals surface area contributed by atoms with Crippen molar-refractivity contribution >= 4 is 32.6 Å². The van der Waals surface area contributed by atoms with Crippen LogP contribution in [0, 0.1) is 0 Å². The summed E-state index contributed by atoms with van der Waals surface area (Å²) in [5.74, 6) is 0. The Hall–Kier alpha value is -2.88. The Morgan fingerprint density at radius 3 is 2.27 bits per heavy atom. The van der Waals surface area contributed by atoms with Crippen LogP contribution in [0.2, 0.25) is 0 Å². The molecule has 0 saturated heterocycles. The molecule has 0 amide bonds. The van der Waals surface area contributed by atoms with E-state index in [1.54, 1.807) is 22.8 Å². The van der Waals surface area contributed by atoms with Crippen molar-refractivity contribution in [3.8, 4) is 0 Å². The van der Waals surface area contributed by atoms with Crippen LogP contribution in [0.3, 0.4) is 0 Å². The standard InChI is InChI=1S/C18H13NO3/c1-2-19-14-10-6-5-9-13(14)16-15(17(19)20)11-7-3-4-8-12(11)18(21)22-16/h3-10H,2H2,1H3. The quantitative estimate of drug-likeness (QED) is 0.506. The predicted octanol–water partition coefficient (Wildman–Crippen LogP) is 3.28. The van der Waals surface area contributed by atoms with Crippen molar-refractivity contribution in [3.63, 3.8) is 0 Å². The molecule has 2 heterocycles. The topological polar surface area (TPSA) is 52.2 Å². The van der Waals surface area contributed by atoms with Crippen LogP contribution < -0.4 is 11.2 Å². The zero-order chi connectivity index (χ0) is 15.3. The van der Waals surface area contributed by atoms with Gasteiger partial charge in [0.15, 0.2) is 5.58 Å². The number of hydrogen-bond acceptors (Lipinski definition) is 3. The second-order valence-corrected chi connectivity index (χ2v) is 5.21. The van der Waals surface area contributed by atoms with Crippen molar-refractivity contribution in [3.05, 3.63) is 69.3 Å². The summed E-state index contributed by atoms with van der Waals surface area (Å²) >= 11 is 0. The van der Waals surface area contributed by atoms with Gasteiger partial charge >= 0.3 is 5.63 Å². The van der Waals surface area contributed by atoms with E-state index in [4.69, 9.17) is 4.42 Å². The number of benzene rings is 2. The number of para-hydroxylation sites is 1. The molecule has 22 heavy (non-hydrogen) atoms. The van der Waals surface area contributed by atoms with Gasteiger partial charge < -0.3 is 8.98 Å². The third kappa shape index (κ3) is 1.58. The molecule has 0 aliphatic heterocycles. The Kier molecular flexibility index (Phi) is 2.66. The molecule has 0 atom stereocenters. The first-order chi connectivity index (χ1) is 10.7. The average molecular weight is 291 g/mol. The normalized spacial score (nSPS) is 11.5. The molecule has 0 aliphatic rings. The highest BCUT2D eigenvalue weighted by Gasteiger charge is 2.16. The number of nitrogens with zero attached hydrogens (tertiary/aromatic N) is 1. The monoisotopic (exact) mass is 291 g/mol. The second kappa shape index (κ2) is 4.56. The first-order valence-electron chi connectivity index (χ1n) is 7.19. The highest BCUT2D eigenvalue weighted by molar-refractivity contribution is 6.12. The highest BCUT2D eigenvalue weighted by Crippen LogP contribution is 2.26. The molecule has 0 bridgehead atoms. The van der Waals surface area contributed by atoms with Gasteiger partial charge in [0.1, 0.15) is 0 Å². The smallest absolute Gasteiger partial charge is 0.344 e. The number of rotatable bonds is 1. The summed E-state index contributed by atoms with van der Waals surface area (Å²) < 4.78 is 7.21. The zero-order valence-electron chi connectivity index (χ0n) is 12.0. The maximum atomic E-state index is 12.9. The summed E-state index contributed by atoms with van der Waals surface area (Å²) in [6, 6.07) is 14.6. The molecule has 4 rings (SSSR count). The van der Waals surface area contributed by atoms with Gasteiger partial charge in [-0.1, -0.05) is 30.3 Å². The van der Waals surface area contributed by atoms with E-state index in [1.165, 1.54) is 0 Å². The van der Waals surface area contributed by atoms with Crippen molar-refractivity contribution in [1.82, 2.24) is 4.57 Å². The lowest BCUT2D eigenvalue weighted by atomic mass is 10.1. The number of aromatic nitrogens is 1. The average Bonchev–Trinajstić information content (AvgIpc) is 2.55. The molecule has 0 radical (unpaired) electrons. The van der Waals surface area contributed by atoms with Gasteiger partial charge in [0, 0.05) is 17.3 Å². The van der Waals surface area contributed by atoms with Crippen LogP contribution >= 0.6 is 0 Å². The molecular weight excluding hydrogens is 278 g/mol. The summed E-state index contributed by atoms with van der Waals surface area (Å²) in [5.41, 5.74) is 0.605. The Balaban J connectivity index is 2.46. The minimum Gasteiger partial charge on any atom is -0.421 e. The summed E-state index contributed by atoms with van der Waals surface area (Å²) in [5, 5.41) is 2.33. The van der Waals surface area contributed by atoms with Gasteiger partial charge in [0.25, 0.3) is 5.56 Å². The molecule has 0 fully saturated rings. The summed E-state index contributed by atoms with van der Waals surface area (Å²) in [6.45, 7) is 2.49. The van der Waals surface area contributed by atoms with E-state index in [1.807, 2.05) is 37.3 Å². The van der Waals surface area contributed by atoms with Crippen molar-refractivity contribution in [2.75, 3.05) is 0 Å². The molecular formula is C18H13NO3. The molecule has 0 spiro atoms. The van der Waals surface area contributed by atoms with Crippen molar-refractivity contribution in [2.24, 2.45) is 0 Å². The SMILES string of the molecule is CCn1c(=O)c2c3ccccc3c(=O)oc2c2ccccc21. The molecule has 4 aromatic rings. The lowest BCUT2D eigenvalue weighted by Gasteiger charge is -2.11. The Morgan fingerprint density at radius 1 is 0.909 bits per heavy atom. The minimum absolute atomic E-state index is 0.129. The van der Waals surface area contributed by atoms with Crippen LogP contribution in [0.15, 0.2) is 62.5 Å². The predicted molar refractivity (Wildman–Crippen MR) is 87.4 cm³/mol. The van der Waals surface area contributed by atoms with Gasteiger partial charge in [0.2, 0.25) is 0 Å². The lowest BCUT2D eigenvalue weighted by molar-refractivity contribution is 0.571. The zero-order valence-corrected chi connectivity index (χ0v) is 12.0. The summed E-state index contributed by atoms with van der Waals surface area (Å²) in [4.78, 5) is 25.1. The van der Waals surface area contributed by atoms with E-state index < -0.39 is 5.63 Å². The number of aryl methyl sites for hydroxylation is 1. The van der Waals surface area contributed by atoms with E-state index >= 15 is 0 Å². The van der Waals surface area contributed by atoms with E-state index in [0.717, 1.165) is 10.9 Å². The highest BCUT2D eigenvalue weighted by atomic mass is 16.4. The fourth-order valence-electron chi connectivity index (χ4n) is 3.06. The van der Waals surface area contributed by atoms with Gasteiger partial charge in [-0.15, -0.1) is 0 Å². The summed E-state index contributed by atoms with van der Waals surface area (Å²) in [7, 11) is 0. The van der Waals surface area contributed by atoms with Crippen LogP contribution in [-0.2, 0) is 6.54 Å². The maximum absolute atomic E-state index is 12.9. The van der Waals surface area contributed by atoms with Crippen LogP contribution in [0.5, 0.6) is 0 Å². The van der Waals surface area contributed by atoms with E-state index in [9.17, 15) is 9.59 Å². The van der Waals surface area contributed by atoms with Crippen LogP contribution in [0.25, 0.3) is 32.6 Å². The fourth-order valence-corrected chi connectivity index (χ4v) is 3.06. The van der Waals surface area contributed by atoms with Crippen molar-refractivity contribution < 1.29 is 4.42 Å². The van der Waals surface area contributed by atoms with Gasteiger partial charge in [0.05, 0.1) is 16.3 Å². The van der Waals surface area contributed by atoms with Crippen molar-refractivity contribution in [2.45, 2.75) is 13.5 Å². The minimum atomic E-state index is -0.415.